The molecule has 0 saturated carbocycles. The summed E-state index contributed by atoms with van der Waals surface area (Å²) in [5, 5.41) is 0. The average Bonchev–Trinajstić information content (AvgIpc) is 2.16. The molecule has 0 radical (unpaired) electrons. The monoisotopic (exact) mass is 231 g/mol. The molecular weight excluding hydrogens is 222 g/mol. The Labute approximate surface area is 85.8 Å². The van der Waals surface area contributed by atoms with Crippen molar-refractivity contribution in [3.8, 4) is 0 Å². The molecule has 6 heteroatoms. The predicted octanol–water partition coefficient (Wildman–Crippen LogP) is 0.594. The lowest BCUT2D eigenvalue weighted by Crippen LogP contribution is -2.14. The van der Waals surface area contributed by atoms with E-state index in [1.54, 1.807) is 18.2 Å². The fourth-order valence-corrected chi connectivity index (χ4v) is 3.24. The SMILES string of the molecule is NC(=O)CSS(=O)(=O)c1ccccc1. The Morgan fingerprint density at radius 3 is 2.36 bits per heavy atom. The summed E-state index contributed by atoms with van der Waals surface area (Å²) in [6, 6.07) is 7.92. The number of amides is 1. The molecule has 0 aliphatic rings. The molecule has 1 rings (SSSR count). The fraction of sp³-hybridized carbons (Fsp3) is 0.125. The molecule has 1 amide bonds. The van der Waals surface area contributed by atoms with Gasteiger partial charge in [0.2, 0.25) is 14.8 Å². The van der Waals surface area contributed by atoms with E-state index in [4.69, 9.17) is 5.73 Å². The first-order chi connectivity index (χ1) is 6.52. The van der Waals surface area contributed by atoms with Gasteiger partial charge in [-0.3, -0.25) is 4.79 Å². The zero-order valence-electron chi connectivity index (χ0n) is 7.21. The maximum absolute atomic E-state index is 11.5. The van der Waals surface area contributed by atoms with E-state index in [0.29, 0.717) is 10.8 Å². The van der Waals surface area contributed by atoms with Crippen molar-refractivity contribution in [2.45, 2.75) is 4.90 Å². The number of nitrogens with two attached hydrogens (primary N) is 1. The maximum atomic E-state index is 11.5. The van der Waals surface area contributed by atoms with Crippen molar-refractivity contribution in [2.24, 2.45) is 5.73 Å². The average molecular weight is 231 g/mol. The quantitative estimate of drug-likeness (QED) is 0.769. The number of primary amides is 1. The lowest BCUT2D eigenvalue weighted by Gasteiger charge is -2.00. The van der Waals surface area contributed by atoms with Crippen molar-refractivity contribution in [3.63, 3.8) is 0 Å². The van der Waals surface area contributed by atoms with E-state index in [-0.39, 0.29) is 10.6 Å². The molecule has 0 heterocycles. The molecule has 0 atom stereocenters. The summed E-state index contributed by atoms with van der Waals surface area (Å²) in [5.74, 6) is -0.869. The van der Waals surface area contributed by atoms with Crippen LogP contribution in [-0.2, 0) is 13.7 Å². The van der Waals surface area contributed by atoms with Gasteiger partial charge in [-0.05, 0) is 22.9 Å². The van der Waals surface area contributed by atoms with Gasteiger partial charge in [0, 0.05) is 0 Å². The van der Waals surface area contributed by atoms with E-state index < -0.39 is 14.8 Å². The van der Waals surface area contributed by atoms with Crippen LogP contribution in [0, 0.1) is 0 Å². The third kappa shape index (κ3) is 3.04. The van der Waals surface area contributed by atoms with E-state index in [9.17, 15) is 13.2 Å². The number of hydrogen-bond acceptors (Lipinski definition) is 4. The van der Waals surface area contributed by atoms with Crippen molar-refractivity contribution >= 4 is 25.6 Å². The molecule has 0 aliphatic heterocycles. The molecule has 0 spiro atoms. The van der Waals surface area contributed by atoms with Gasteiger partial charge in [0.15, 0.2) is 0 Å². The normalized spacial score (nSPS) is 11.1. The van der Waals surface area contributed by atoms with Gasteiger partial charge in [0.05, 0.1) is 10.6 Å². The minimum Gasteiger partial charge on any atom is -0.369 e. The van der Waals surface area contributed by atoms with Gasteiger partial charge in [-0.1, -0.05) is 18.2 Å². The highest BCUT2D eigenvalue weighted by Gasteiger charge is 2.15. The summed E-state index contributed by atoms with van der Waals surface area (Å²) in [4.78, 5) is 10.6. The molecular formula is C8H9NO3S2. The summed E-state index contributed by atoms with van der Waals surface area (Å²) in [5.41, 5.74) is 4.85. The van der Waals surface area contributed by atoms with Crippen LogP contribution in [0.1, 0.15) is 0 Å². The Morgan fingerprint density at radius 1 is 1.29 bits per heavy atom. The van der Waals surface area contributed by atoms with Crippen LogP contribution >= 0.6 is 10.8 Å². The van der Waals surface area contributed by atoms with Gasteiger partial charge in [-0.25, -0.2) is 8.42 Å². The molecule has 0 aromatic heterocycles. The van der Waals surface area contributed by atoms with Gasteiger partial charge in [-0.15, -0.1) is 0 Å². The summed E-state index contributed by atoms with van der Waals surface area (Å²) in [6.45, 7) is 0. The number of hydrogen-bond donors (Lipinski definition) is 1. The van der Waals surface area contributed by atoms with Gasteiger partial charge in [-0.2, -0.15) is 0 Å². The van der Waals surface area contributed by atoms with E-state index in [2.05, 4.69) is 0 Å². The lowest BCUT2D eigenvalue weighted by atomic mass is 10.4. The highest BCUT2D eigenvalue weighted by Crippen LogP contribution is 2.22. The molecule has 14 heavy (non-hydrogen) atoms. The molecule has 1 aromatic rings. The van der Waals surface area contributed by atoms with Crippen molar-refractivity contribution in [1.29, 1.82) is 0 Å². The smallest absolute Gasteiger partial charge is 0.230 e. The largest absolute Gasteiger partial charge is 0.369 e. The number of carbonyl (C=O) groups excluding carboxylic acids is 1. The van der Waals surface area contributed by atoms with Crippen molar-refractivity contribution in [2.75, 3.05) is 5.75 Å². The molecule has 76 valence electrons. The number of benzene rings is 1. The van der Waals surface area contributed by atoms with E-state index in [1.807, 2.05) is 0 Å². The van der Waals surface area contributed by atoms with Crippen molar-refractivity contribution in [3.05, 3.63) is 30.3 Å². The molecule has 0 bridgehead atoms. The van der Waals surface area contributed by atoms with Gasteiger partial charge in [0.25, 0.3) is 0 Å². The van der Waals surface area contributed by atoms with Crippen LogP contribution in [0.25, 0.3) is 0 Å². The van der Waals surface area contributed by atoms with E-state index >= 15 is 0 Å². The topological polar surface area (TPSA) is 77.2 Å². The van der Waals surface area contributed by atoms with Crippen LogP contribution in [0.15, 0.2) is 35.2 Å². The van der Waals surface area contributed by atoms with E-state index in [0.717, 1.165) is 0 Å². The second-order valence-electron chi connectivity index (χ2n) is 2.50. The summed E-state index contributed by atoms with van der Waals surface area (Å²) in [7, 11) is -2.90. The van der Waals surface area contributed by atoms with Crippen LogP contribution in [0.3, 0.4) is 0 Å². The fourth-order valence-electron chi connectivity index (χ4n) is 0.791. The molecule has 4 nitrogen and oxygen atoms in total. The maximum Gasteiger partial charge on any atom is 0.230 e. The minimum absolute atomic E-state index is 0.186. The van der Waals surface area contributed by atoms with Crippen LogP contribution < -0.4 is 5.73 Å². The number of carbonyl (C=O) groups is 1. The third-order valence-corrected chi connectivity index (χ3v) is 4.81. The summed E-state index contributed by atoms with van der Waals surface area (Å²) >= 11 is 0. The molecule has 1 aromatic carbocycles. The lowest BCUT2D eigenvalue weighted by molar-refractivity contribution is -0.115. The first-order valence-electron chi connectivity index (χ1n) is 3.75. The molecule has 0 saturated heterocycles. The van der Waals surface area contributed by atoms with Gasteiger partial charge < -0.3 is 5.73 Å². The van der Waals surface area contributed by atoms with Crippen molar-refractivity contribution in [1.82, 2.24) is 0 Å². The van der Waals surface area contributed by atoms with Gasteiger partial charge >= 0.3 is 0 Å². The Morgan fingerprint density at radius 2 is 1.86 bits per heavy atom. The molecule has 0 fully saturated rings. The summed E-state index contributed by atoms with van der Waals surface area (Å²) < 4.78 is 23.0. The van der Waals surface area contributed by atoms with Crippen LogP contribution in [0.2, 0.25) is 0 Å². The van der Waals surface area contributed by atoms with E-state index in [1.165, 1.54) is 12.1 Å². The molecule has 0 aliphatic carbocycles. The second kappa shape index (κ2) is 4.47. The molecule has 0 unspecified atom stereocenters. The highest BCUT2D eigenvalue weighted by atomic mass is 33.1. The number of rotatable bonds is 4. The van der Waals surface area contributed by atoms with Crippen LogP contribution in [-0.4, -0.2) is 20.1 Å². The zero-order valence-corrected chi connectivity index (χ0v) is 8.85. The Hall–Kier alpha value is -1.01. The van der Waals surface area contributed by atoms with Crippen LogP contribution in [0.4, 0.5) is 0 Å². The summed E-state index contributed by atoms with van der Waals surface area (Å²) in [6.07, 6.45) is 0. The first-order valence-corrected chi connectivity index (χ1v) is 6.74. The Bertz CT molecular complexity index is 413. The highest BCUT2D eigenvalue weighted by molar-refractivity contribution is 8.72. The van der Waals surface area contributed by atoms with Gasteiger partial charge in [0.1, 0.15) is 0 Å². The first kappa shape index (κ1) is 11.1. The Balaban J connectivity index is 2.82. The minimum atomic E-state index is -3.44. The zero-order chi connectivity index (χ0) is 10.6. The Kier molecular flexibility index (Phi) is 3.54. The standard InChI is InChI=1S/C8H9NO3S2/c9-8(10)6-13-14(11,12)7-4-2-1-3-5-7/h1-5H,6H2,(H2,9,10). The third-order valence-electron chi connectivity index (χ3n) is 1.39. The second-order valence-corrected chi connectivity index (χ2v) is 6.42. The molecule has 2 N–H and O–H groups in total. The van der Waals surface area contributed by atoms with Crippen molar-refractivity contribution < 1.29 is 13.2 Å². The van der Waals surface area contributed by atoms with Crippen LogP contribution in [0.5, 0.6) is 0 Å². The predicted molar refractivity (Wildman–Crippen MR) is 55.3 cm³/mol.